The minimum absolute atomic E-state index is 0.0601. The van der Waals surface area contributed by atoms with Gasteiger partial charge in [0.25, 0.3) is 0 Å². The summed E-state index contributed by atoms with van der Waals surface area (Å²) in [6.07, 6.45) is 1.82. The van der Waals surface area contributed by atoms with Gasteiger partial charge in [0, 0.05) is 24.8 Å². The van der Waals surface area contributed by atoms with Gasteiger partial charge in [0.1, 0.15) is 6.04 Å². The molecule has 2 saturated heterocycles. The molecular weight excluding hydrogens is 352 g/mol. The van der Waals surface area contributed by atoms with Crippen LogP contribution in [0.5, 0.6) is 0 Å². The second-order valence-electron chi connectivity index (χ2n) is 6.69. The summed E-state index contributed by atoms with van der Waals surface area (Å²) < 4.78 is 4.81. The monoisotopic (exact) mass is 376 g/mol. The van der Waals surface area contributed by atoms with Gasteiger partial charge in [-0.2, -0.15) is 0 Å². The van der Waals surface area contributed by atoms with E-state index < -0.39 is 12.0 Å². The molecule has 0 bridgehead atoms. The SMILES string of the molecule is COC(=O)C(CC1CCN(CCc2ccccc2)C1=O)NC(=O)C1CS1. The van der Waals surface area contributed by atoms with Crippen LogP contribution in [0.1, 0.15) is 18.4 Å². The molecule has 6 nitrogen and oxygen atoms in total. The van der Waals surface area contributed by atoms with Crippen LogP contribution >= 0.6 is 11.8 Å². The third-order valence-electron chi connectivity index (χ3n) is 4.87. The number of hydrogen-bond donors (Lipinski definition) is 1. The second-order valence-corrected chi connectivity index (χ2v) is 7.92. The normalized spacial score (nSPS) is 22.8. The van der Waals surface area contributed by atoms with Crippen LogP contribution in [-0.2, 0) is 25.5 Å². The Morgan fingerprint density at radius 2 is 2.08 bits per heavy atom. The van der Waals surface area contributed by atoms with Crippen molar-refractivity contribution in [3.63, 3.8) is 0 Å². The summed E-state index contributed by atoms with van der Waals surface area (Å²) >= 11 is 1.55. The van der Waals surface area contributed by atoms with E-state index in [1.165, 1.54) is 12.7 Å². The van der Waals surface area contributed by atoms with E-state index in [1.54, 1.807) is 11.8 Å². The molecule has 7 heteroatoms. The predicted molar refractivity (Wildman–Crippen MR) is 99.6 cm³/mol. The fourth-order valence-electron chi connectivity index (χ4n) is 3.26. The lowest BCUT2D eigenvalue weighted by Gasteiger charge is -2.20. The Hall–Kier alpha value is -2.02. The standard InChI is InChI=1S/C19H24N2O4S/c1-25-19(24)15(20-17(22)16-12-26-16)11-14-8-10-21(18(14)23)9-7-13-5-3-2-4-6-13/h2-6,14-16H,7-12H2,1H3,(H,20,22). The molecule has 3 unspecified atom stereocenters. The molecule has 3 rings (SSSR count). The lowest BCUT2D eigenvalue weighted by atomic mass is 9.98. The number of likely N-dealkylation sites (tertiary alicyclic amines) is 1. The largest absolute Gasteiger partial charge is 0.467 e. The maximum Gasteiger partial charge on any atom is 0.328 e. The average Bonchev–Trinajstić information content (AvgIpc) is 3.46. The highest BCUT2D eigenvalue weighted by atomic mass is 32.2. The number of nitrogens with one attached hydrogen (secondary N) is 1. The molecular formula is C19H24N2O4S. The van der Waals surface area contributed by atoms with E-state index in [4.69, 9.17) is 4.74 Å². The first-order chi connectivity index (χ1) is 12.6. The fraction of sp³-hybridized carbons (Fsp3) is 0.526. The maximum atomic E-state index is 12.7. The highest BCUT2D eigenvalue weighted by Gasteiger charge is 2.38. The number of esters is 1. The molecule has 2 aliphatic heterocycles. The number of benzene rings is 1. The summed E-state index contributed by atoms with van der Waals surface area (Å²) in [5, 5.41) is 2.68. The van der Waals surface area contributed by atoms with Crippen LogP contribution in [0.4, 0.5) is 0 Å². The van der Waals surface area contributed by atoms with E-state index in [2.05, 4.69) is 17.4 Å². The van der Waals surface area contributed by atoms with E-state index in [9.17, 15) is 14.4 Å². The quantitative estimate of drug-likeness (QED) is 0.546. The lowest BCUT2D eigenvalue weighted by molar-refractivity contribution is -0.145. The van der Waals surface area contributed by atoms with Gasteiger partial charge in [-0.05, 0) is 24.8 Å². The van der Waals surface area contributed by atoms with Crippen molar-refractivity contribution in [3.8, 4) is 0 Å². The lowest BCUT2D eigenvalue weighted by Crippen LogP contribution is -2.45. The van der Waals surface area contributed by atoms with Crippen molar-refractivity contribution < 1.29 is 19.1 Å². The van der Waals surface area contributed by atoms with Gasteiger partial charge in [0.05, 0.1) is 12.4 Å². The average molecular weight is 376 g/mol. The van der Waals surface area contributed by atoms with E-state index >= 15 is 0 Å². The molecule has 140 valence electrons. The van der Waals surface area contributed by atoms with E-state index in [1.807, 2.05) is 23.1 Å². The van der Waals surface area contributed by atoms with Gasteiger partial charge < -0.3 is 15.0 Å². The van der Waals surface area contributed by atoms with Crippen molar-refractivity contribution in [1.29, 1.82) is 0 Å². The summed E-state index contributed by atoms with van der Waals surface area (Å²) in [7, 11) is 1.30. The molecule has 0 saturated carbocycles. The first-order valence-corrected chi connectivity index (χ1v) is 9.96. The number of amides is 2. The van der Waals surface area contributed by atoms with Crippen molar-refractivity contribution >= 4 is 29.5 Å². The molecule has 2 heterocycles. The molecule has 0 aromatic heterocycles. The number of thioether (sulfide) groups is 1. The molecule has 1 aromatic rings. The molecule has 2 aliphatic rings. The minimum atomic E-state index is -0.753. The third kappa shape index (κ3) is 4.78. The Kier molecular flexibility index (Phi) is 6.19. The predicted octanol–water partition coefficient (Wildman–Crippen LogP) is 1.24. The van der Waals surface area contributed by atoms with E-state index in [-0.39, 0.29) is 23.0 Å². The van der Waals surface area contributed by atoms with Crippen molar-refractivity contribution in [2.24, 2.45) is 5.92 Å². The highest BCUT2D eigenvalue weighted by molar-refractivity contribution is 8.07. The molecule has 0 spiro atoms. The topological polar surface area (TPSA) is 75.7 Å². The zero-order valence-corrected chi connectivity index (χ0v) is 15.7. The van der Waals surface area contributed by atoms with Crippen LogP contribution in [-0.4, -0.2) is 59.9 Å². The van der Waals surface area contributed by atoms with Crippen LogP contribution in [0, 0.1) is 5.92 Å². The van der Waals surface area contributed by atoms with E-state index in [0.717, 1.165) is 12.2 Å². The number of hydrogen-bond acceptors (Lipinski definition) is 5. The molecule has 2 amide bonds. The first-order valence-electron chi connectivity index (χ1n) is 8.91. The molecule has 0 radical (unpaired) electrons. The van der Waals surface area contributed by atoms with Crippen LogP contribution in [0.3, 0.4) is 0 Å². The highest BCUT2D eigenvalue weighted by Crippen LogP contribution is 2.30. The zero-order chi connectivity index (χ0) is 18.5. The van der Waals surface area contributed by atoms with Crippen molar-refractivity contribution in [2.75, 3.05) is 26.0 Å². The number of carbonyl (C=O) groups excluding carboxylic acids is 3. The van der Waals surface area contributed by atoms with Crippen LogP contribution in [0.15, 0.2) is 30.3 Å². The Bertz CT molecular complexity index is 663. The summed E-state index contributed by atoms with van der Waals surface area (Å²) in [5.41, 5.74) is 1.20. The van der Waals surface area contributed by atoms with Crippen molar-refractivity contribution in [2.45, 2.75) is 30.6 Å². The summed E-state index contributed by atoms with van der Waals surface area (Å²) in [6, 6.07) is 9.31. The Balaban J connectivity index is 1.53. The molecule has 1 aromatic carbocycles. The van der Waals surface area contributed by atoms with Gasteiger partial charge in [0.15, 0.2) is 0 Å². The molecule has 3 atom stereocenters. The Morgan fingerprint density at radius 1 is 1.35 bits per heavy atom. The molecule has 2 fully saturated rings. The first kappa shape index (κ1) is 18.8. The molecule has 0 aliphatic carbocycles. The van der Waals surface area contributed by atoms with Crippen LogP contribution < -0.4 is 5.32 Å². The second kappa shape index (κ2) is 8.58. The Morgan fingerprint density at radius 3 is 2.73 bits per heavy atom. The maximum absolute atomic E-state index is 12.7. The fourth-order valence-corrected chi connectivity index (χ4v) is 3.72. The van der Waals surface area contributed by atoms with Crippen molar-refractivity contribution in [1.82, 2.24) is 10.2 Å². The van der Waals surface area contributed by atoms with Gasteiger partial charge >= 0.3 is 5.97 Å². The summed E-state index contributed by atoms with van der Waals surface area (Å²) in [5.74, 6) is -0.0294. The summed E-state index contributed by atoms with van der Waals surface area (Å²) in [6.45, 7) is 1.37. The summed E-state index contributed by atoms with van der Waals surface area (Å²) in [4.78, 5) is 38.5. The molecule has 1 N–H and O–H groups in total. The number of carbonyl (C=O) groups is 3. The van der Waals surface area contributed by atoms with Crippen molar-refractivity contribution in [3.05, 3.63) is 35.9 Å². The number of ether oxygens (including phenoxy) is 1. The Labute approximate surface area is 157 Å². The van der Waals surface area contributed by atoms with Crippen LogP contribution in [0.2, 0.25) is 0 Å². The van der Waals surface area contributed by atoms with Gasteiger partial charge in [-0.3, -0.25) is 9.59 Å². The van der Waals surface area contributed by atoms with Gasteiger partial charge in [0.2, 0.25) is 11.8 Å². The van der Waals surface area contributed by atoms with Gasteiger partial charge in [-0.1, -0.05) is 30.3 Å². The molecule has 26 heavy (non-hydrogen) atoms. The van der Waals surface area contributed by atoms with Crippen LogP contribution in [0.25, 0.3) is 0 Å². The number of rotatable bonds is 8. The number of methoxy groups -OCH3 is 1. The third-order valence-corrected chi connectivity index (χ3v) is 5.75. The minimum Gasteiger partial charge on any atom is -0.467 e. The smallest absolute Gasteiger partial charge is 0.328 e. The van der Waals surface area contributed by atoms with Gasteiger partial charge in [-0.15, -0.1) is 11.8 Å². The van der Waals surface area contributed by atoms with E-state index in [0.29, 0.717) is 25.9 Å². The number of nitrogens with zero attached hydrogens (tertiary/aromatic N) is 1. The zero-order valence-electron chi connectivity index (χ0n) is 14.8. The van der Waals surface area contributed by atoms with Gasteiger partial charge in [-0.25, -0.2) is 4.79 Å².